The van der Waals surface area contributed by atoms with Crippen LogP contribution in [0.15, 0.2) is 42.5 Å². The van der Waals surface area contributed by atoms with Gasteiger partial charge in [-0.3, -0.25) is 0 Å². The smallest absolute Gasteiger partial charge is 0.167 e. The van der Waals surface area contributed by atoms with E-state index < -0.39 is 0 Å². The Morgan fingerprint density at radius 3 is 2.45 bits per heavy atom. The quantitative estimate of drug-likeness (QED) is 0.771. The maximum Gasteiger partial charge on any atom is 0.167 e. The van der Waals surface area contributed by atoms with Crippen molar-refractivity contribution >= 4 is 22.6 Å². The molecule has 0 bridgehead atoms. The molecule has 20 heavy (non-hydrogen) atoms. The minimum atomic E-state index is -0.0665. The van der Waals surface area contributed by atoms with Gasteiger partial charge in [-0.1, -0.05) is 24.3 Å². The number of ether oxygens (including phenoxy) is 2. The lowest BCUT2D eigenvalue weighted by atomic mass is 10.2. The Morgan fingerprint density at radius 1 is 1.05 bits per heavy atom. The summed E-state index contributed by atoms with van der Waals surface area (Å²) in [4.78, 5) is 0. The fraction of sp³-hybridized carbons (Fsp3) is 0.250. The Hall–Kier alpha value is -1.27. The third-order valence-electron chi connectivity index (χ3n) is 2.83. The Bertz CT molecular complexity index is 552. The summed E-state index contributed by atoms with van der Waals surface area (Å²) in [6.07, 6.45) is 0. The first-order valence-corrected chi connectivity index (χ1v) is 7.55. The van der Waals surface area contributed by atoms with Gasteiger partial charge in [-0.2, -0.15) is 0 Å². The summed E-state index contributed by atoms with van der Waals surface area (Å²) >= 11 is 2.27. The van der Waals surface area contributed by atoms with Crippen LogP contribution >= 0.6 is 22.6 Å². The summed E-state index contributed by atoms with van der Waals surface area (Å²) in [5.41, 5.74) is 1.82. The standard InChI is InChI=1S/C16H17IO3/c1-2-19-15-5-3-4-13(10-18)16(15)20-11-12-6-8-14(17)9-7-12/h3-9,18H,2,10-11H2,1H3. The second-order valence-electron chi connectivity index (χ2n) is 4.25. The van der Waals surface area contributed by atoms with Crippen LogP contribution in [0.4, 0.5) is 0 Å². The fourth-order valence-corrected chi connectivity index (χ4v) is 2.21. The second kappa shape index (κ2) is 7.50. The van der Waals surface area contributed by atoms with Crippen molar-refractivity contribution in [1.29, 1.82) is 0 Å². The number of halogens is 1. The van der Waals surface area contributed by atoms with Crippen molar-refractivity contribution in [3.8, 4) is 11.5 Å². The van der Waals surface area contributed by atoms with Gasteiger partial charge in [0.05, 0.1) is 13.2 Å². The highest BCUT2D eigenvalue weighted by molar-refractivity contribution is 14.1. The van der Waals surface area contributed by atoms with Crippen molar-refractivity contribution in [3.63, 3.8) is 0 Å². The van der Waals surface area contributed by atoms with Crippen molar-refractivity contribution in [2.24, 2.45) is 0 Å². The molecule has 4 heteroatoms. The van der Waals surface area contributed by atoms with Crippen LogP contribution in [-0.4, -0.2) is 11.7 Å². The first-order chi connectivity index (χ1) is 9.74. The third kappa shape index (κ3) is 3.86. The Balaban J connectivity index is 2.16. The highest BCUT2D eigenvalue weighted by atomic mass is 127. The average molecular weight is 384 g/mol. The molecular formula is C16H17IO3. The fourth-order valence-electron chi connectivity index (χ4n) is 1.85. The van der Waals surface area contributed by atoms with Crippen LogP contribution in [0.3, 0.4) is 0 Å². The van der Waals surface area contributed by atoms with Crippen LogP contribution in [0.25, 0.3) is 0 Å². The van der Waals surface area contributed by atoms with Gasteiger partial charge in [-0.05, 0) is 53.3 Å². The van der Waals surface area contributed by atoms with E-state index in [1.807, 2.05) is 49.4 Å². The van der Waals surface area contributed by atoms with E-state index >= 15 is 0 Å². The highest BCUT2D eigenvalue weighted by Crippen LogP contribution is 2.32. The summed E-state index contributed by atoms with van der Waals surface area (Å²) < 4.78 is 12.6. The van der Waals surface area contributed by atoms with Crippen LogP contribution < -0.4 is 9.47 Å². The second-order valence-corrected chi connectivity index (χ2v) is 5.50. The monoisotopic (exact) mass is 384 g/mol. The molecule has 0 aromatic heterocycles. The minimum absolute atomic E-state index is 0.0665. The SMILES string of the molecule is CCOc1cccc(CO)c1OCc1ccc(I)cc1. The molecule has 106 valence electrons. The molecule has 1 N–H and O–H groups in total. The molecule has 0 saturated carbocycles. The molecule has 0 spiro atoms. The van der Waals surface area contributed by atoms with Crippen molar-refractivity contribution in [2.45, 2.75) is 20.1 Å². The number of para-hydroxylation sites is 1. The van der Waals surface area contributed by atoms with E-state index in [2.05, 4.69) is 22.6 Å². The lowest BCUT2D eigenvalue weighted by Gasteiger charge is -2.15. The predicted octanol–water partition coefficient (Wildman–Crippen LogP) is 3.76. The van der Waals surface area contributed by atoms with Gasteiger partial charge in [0.25, 0.3) is 0 Å². The molecule has 0 saturated heterocycles. The van der Waals surface area contributed by atoms with Gasteiger partial charge in [0, 0.05) is 9.13 Å². The molecule has 0 aliphatic heterocycles. The zero-order chi connectivity index (χ0) is 14.4. The molecule has 2 aromatic rings. The number of aliphatic hydroxyl groups is 1. The van der Waals surface area contributed by atoms with Crippen LogP contribution in [0, 0.1) is 3.57 Å². The summed E-state index contributed by atoms with van der Waals surface area (Å²) in [6.45, 7) is 2.88. The van der Waals surface area contributed by atoms with E-state index in [1.165, 1.54) is 3.57 Å². The molecule has 0 atom stereocenters. The van der Waals surface area contributed by atoms with Gasteiger partial charge in [0.1, 0.15) is 6.61 Å². The zero-order valence-corrected chi connectivity index (χ0v) is 13.5. The number of aliphatic hydroxyl groups excluding tert-OH is 1. The maximum atomic E-state index is 9.41. The number of hydrogen-bond donors (Lipinski definition) is 1. The predicted molar refractivity (Wildman–Crippen MR) is 87.0 cm³/mol. The largest absolute Gasteiger partial charge is 0.490 e. The minimum Gasteiger partial charge on any atom is -0.490 e. The van der Waals surface area contributed by atoms with Crippen molar-refractivity contribution in [1.82, 2.24) is 0 Å². The Kier molecular flexibility index (Phi) is 5.67. The molecule has 3 nitrogen and oxygen atoms in total. The maximum absolute atomic E-state index is 9.41. The first kappa shape index (κ1) is 15.1. The van der Waals surface area contributed by atoms with E-state index in [-0.39, 0.29) is 6.61 Å². The van der Waals surface area contributed by atoms with Gasteiger partial charge in [0.15, 0.2) is 11.5 Å². The lowest BCUT2D eigenvalue weighted by molar-refractivity contribution is 0.243. The van der Waals surface area contributed by atoms with Crippen LogP contribution in [0.1, 0.15) is 18.1 Å². The normalized spacial score (nSPS) is 10.3. The topological polar surface area (TPSA) is 38.7 Å². The van der Waals surface area contributed by atoms with E-state index in [4.69, 9.17) is 9.47 Å². The van der Waals surface area contributed by atoms with E-state index in [0.717, 1.165) is 11.1 Å². The van der Waals surface area contributed by atoms with Crippen molar-refractivity contribution in [3.05, 3.63) is 57.2 Å². The van der Waals surface area contributed by atoms with E-state index in [9.17, 15) is 5.11 Å². The number of benzene rings is 2. The lowest BCUT2D eigenvalue weighted by Crippen LogP contribution is -2.02. The molecule has 2 aromatic carbocycles. The van der Waals surface area contributed by atoms with Gasteiger partial charge >= 0.3 is 0 Å². The van der Waals surface area contributed by atoms with Gasteiger partial charge in [-0.25, -0.2) is 0 Å². The van der Waals surface area contributed by atoms with Crippen LogP contribution in [0.5, 0.6) is 11.5 Å². The zero-order valence-electron chi connectivity index (χ0n) is 11.3. The third-order valence-corrected chi connectivity index (χ3v) is 3.55. The van der Waals surface area contributed by atoms with Gasteiger partial charge in [-0.15, -0.1) is 0 Å². The molecule has 0 aliphatic carbocycles. The van der Waals surface area contributed by atoms with Gasteiger partial charge in [0.2, 0.25) is 0 Å². The van der Waals surface area contributed by atoms with Crippen molar-refractivity contribution in [2.75, 3.05) is 6.61 Å². The Morgan fingerprint density at radius 2 is 1.80 bits per heavy atom. The van der Waals surface area contributed by atoms with Crippen molar-refractivity contribution < 1.29 is 14.6 Å². The molecule has 0 unspecified atom stereocenters. The molecule has 0 heterocycles. The van der Waals surface area contributed by atoms with Gasteiger partial charge < -0.3 is 14.6 Å². The summed E-state index contributed by atoms with van der Waals surface area (Å²) in [7, 11) is 0. The van der Waals surface area contributed by atoms with E-state index in [1.54, 1.807) is 0 Å². The first-order valence-electron chi connectivity index (χ1n) is 6.47. The summed E-state index contributed by atoms with van der Waals surface area (Å²) in [5, 5.41) is 9.41. The molecule has 0 radical (unpaired) electrons. The molecule has 0 amide bonds. The average Bonchev–Trinajstić information content (AvgIpc) is 2.47. The highest BCUT2D eigenvalue weighted by Gasteiger charge is 2.10. The molecular weight excluding hydrogens is 367 g/mol. The molecule has 0 aliphatic rings. The molecule has 2 rings (SSSR count). The van der Waals surface area contributed by atoms with Crippen LogP contribution in [0.2, 0.25) is 0 Å². The Labute approximate surface area is 132 Å². The number of rotatable bonds is 6. The summed E-state index contributed by atoms with van der Waals surface area (Å²) in [5.74, 6) is 1.29. The van der Waals surface area contributed by atoms with E-state index in [0.29, 0.717) is 24.7 Å². The molecule has 0 fully saturated rings. The van der Waals surface area contributed by atoms with Crippen LogP contribution in [-0.2, 0) is 13.2 Å². The summed E-state index contributed by atoms with van der Waals surface area (Å²) in [6, 6.07) is 13.7. The number of hydrogen-bond acceptors (Lipinski definition) is 3.